The van der Waals surface area contributed by atoms with Crippen molar-refractivity contribution in [1.82, 2.24) is 4.40 Å². The van der Waals surface area contributed by atoms with E-state index in [1.54, 1.807) is 0 Å². The highest BCUT2D eigenvalue weighted by atomic mass is 16.5. The first kappa shape index (κ1) is 18.8. The van der Waals surface area contributed by atoms with Gasteiger partial charge in [0.25, 0.3) is 0 Å². The van der Waals surface area contributed by atoms with Gasteiger partial charge in [0.15, 0.2) is 0 Å². The summed E-state index contributed by atoms with van der Waals surface area (Å²) in [6.45, 7) is 4.25. The fourth-order valence-corrected chi connectivity index (χ4v) is 3.56. The van der Waals surface area contributed by atoms with E-state index in [2.05, 4.69) is 40.9 Å². The van der Waals surface area contributed by atoms with Crippen LogP contribution in [0.4, 0.5) is 5.69 Å². The van der Waals surface area contributed by atoms with E-state index in [0.717, 1.165) is 22.5 Å². The van der Waals surface area contributed by atoms with Crippen molar-refractivity contribution in [2.24, 2.45) is 0 Å². The number of esters is 1. The van der Waals surface area contributed by atoms with Gasteiger partial charge < -0.3 is 14.5 Å². The third-order valence-electron chi connectivity index (χ3n) is 4.99. The molecule has 4 heteroatoms. The van der Waals surface area contributed by atoms with E-state index in [-0.39, 0.29) is 12.0 Å². The summed E-state index contributed by atoms with van der Waals surface area (Å²) in [6, 6.07) is 26.2. The third kappa shape index (κ3) is 3.87. The average Bonchev–Trinajstić information content (AvgIpc) is 3.13. The first-order valence-electron chi connectivity index (χ1n) is 9.82. The van der Waals surface area contributed by atoms with Gasteiger partial charge in [-0.2, -0.15) is 0 Å². The molecule has 4 aromatic rings. The summed E-state index contributed by atoms with van der Waals surface area (Å²) in [5.41, 5.74) is 5.75. The van der Waals surface area contributed by atoms with Crippen LogP contribution in [0.15, 0.2) is 85.1 Å². The lowest BCUT2D eigenvalue weighted by molar-refractivity contribution is 0.0529. The zero-order valence-corrected chi connectivity index (χ0v) is 16.6. The Kier molecular flexibility index (Phi) is 5.34. The minimum Gasteiger partial charge on any atom is -0.462 e. The van der Waals surface area contributed by atoms with Crippen molar-refractivity contribution in [3.63, 3.8) is 0 Å². The Morgan fingerprint density at radius 2 is 1.72 bits per heavy atom. The number of nitrogens with zero attached hydrogens (tertiary/aromatic N) is 1. The number of ether oxygens (including phenoxy) is 1. The molecule has 0 aliphatic heterocycles. The number of carbonyl (C=O) groups is 1. The smallest absolute Gasteiger partial charge is 0.340 e. The number of hydrogen-bond donors (Lipinski definition) is 1. The Morgan fingerprint density at radius 1 is 1.00 bits per heavy atom. The normalized spacial score (nSPS) is 11.9. The van der Waals surface area contributed by atoms with Crippen LogP contribution in [0.3, 0.4) is 0 Å². The van der Waals surface area contributed by atoms with Gasteiger partial charge in [-0.05, 0) is 49.7 Å². The van der Waals surface area contributed by atoms with Crippen LogP contribution in [0.2, 0.25) is 0 Å². The summed E-state index contributed by atoms with van der Waals surface area (Å²) in [7, 11) is 0. The highest BCUT2D eigenvalue weighted by Gasteiger charge is 2.23. The molecule has 1 atom stereocenters. The number of pyridine rings is 1. The number of carbonyl (C=O) groups excluding carboxylic acids is 1. The molecule has 0 spiro atoms. The molecular formula is C25H24N2O2. The summed E-state index contributed by atoms with van der Waals surface area (Å²) in [5.74, 6) is -0.301. The monoisotopic (exact) mass is 384 g/mol. The van der Waals surface area contributed by atoms with Gasteiger partial charge in [0, 0.05) is 11.9 Å². The number of aryl methyl sites for hydroxylation is 1. The van der Waals surface area contributed by atoms with Gasteiger partial charge in [-0.3, -0.25) is 0 Å². The molecule has 146 valence electrons. The summed E-state index contributed by atoms with van der Waals surface area (Å²) in [6.07, 6.45) is 1.99. The highest BCUT2D eigenvalue weighted by molar-refractivity contribution is 5.97. The average molecular weight is 384 g/mol. The number of fused-ring (bicyclic) bond motifs is 1. The molecule has 2 aromatic heterocycles. The van der Waals surface area contributed by atoms with Crippen LogP contribution in [0.1, 0.15) is 40.1 Å². The molecule has 0 saturated carbocycles. The lowest BCUT2D eigenvalue weighted by Crippen LogP contribution is -2.14. The number of benzene rings is 2. The first-order chi connectivity index (χ1) is 14.2. The van der Waals surface area contributed by atoms with E-state index in [9.17, 15) is 4.79 Å². The Bertz CT molecular complexity index is 1110. The number of nitrogens with one attached hydrogen (secondary N) is 1. The van der Waals surface area contributed by atoms with Gasteiger partial charge in [-0.1, -0.05) is 54.1 Å². The second-order valence-electron chi connectivity index (χ2n) is 7.01. The topological polar surface area (TPSA) is 42.7 Å². The van der Waals surface area contributed by atoms with Crippen molar-refractivity contribution < 1.29 is 9.53 Å². The molecule has 2 aromatic carbocycles. The van der Waals surface area contributed by atoms with Crippen LogP contribution < -0.4 is 5.32 Å². The van der Waals surface area contributed by atoms with Crippen LogP contribution in [-0.4, -0.2) is 17.0 Å². The highest BCUT2D eigenvalue weighted by Crippen LogP contribution is 2.31. The fraction of sp³-hybridized carbons (Fsp3) is 0.160. The maximum absolute atomic E-state index is 12.6. The molecule has 2 heterocycles. The van der Waals surface area contributed by atoms with Crippen LogP contribution in [0, 0.1) is 6.92 Å². The van der Waals surface area contributed by atoms with Gasteiger partial charge in [0.1, 0.15) is 0 Å². The van der Waals surface area contributed by atoms with Crippen LogP contribution in [0.25, 0.3) is 5.52 Å². The second kappa shape index (κ2) is 8.23. The SMILES string of the molecule is CCOC(=O)c1cc([C@@H](Nc2ccccc2)c2ccc(C)cc2)n2ccccc12. The quantitative estimate of drug-likeness (QED) is 0.438. The van der Waals surface area contributed by atoms with E-state index in [4.69, 9.17) is 4.74 Å². The van der Waals surface area contributed by atoms with Gasteiger partial charge >= 0.3 is 5.97 Å². The molecule has 0 aliphatic rings. The molecular weight excluding hydrogens is 360 g/mol. The first-order valence-corrected chi connectivity index (χ1v) is 9.82. The zero-order valence-electron chi connectivity index (χ0n) is 16.6. The van der Waals surface area contributed by atoms with Crippen LogP contribution >= 0.6 is 0 Å². The summed E-state index contributed by atoms with van der Waals surface area (Å²) in [4.78, 5) is 12.6. The molecule has 0 aliphatic carbocycles. The van der Waals surface area contributed by atoms with Gasteiger partial charge in [-0.15, -0.1) is 0 Å². The van der Waals surface area contributed by atoms with Gasteiger partial charge in [0.05, 0.1) is 29.4 Å². The molecule has 0 saturated heterocycles. The lowest BCUT2D eigenvalue weighted by Gasteiger charge is -2.21. The Morgan fingerprint density at radius 3 is 2.45 bits per heavy atom. The molecule has 0 amide bonds. The molecule has 0 bridgehead atoms. The maximum Gasteiger partial charge on any atom is 0.340 e. The molecule has 0 fully saturated rings. The van der Waals surface area contributed by atoms with Gasteiger partial charge in [-0.25, -0.2) is 4.79 Å². The van der Waals surface area contributed by atoms with E-state index >= 15 is 0 Å². The maximum atomic E-state index is 12.6. The zero-order chi connectivity index (χ0) is 20.2. The number of hydrogen-bond acceptors (Lipinski definition) is 3. The van der Waals surface area contributed by atoms with Crippen molar-refractivity contribution in [1.29, 1.82) is 0 Å². The molecule has 1 N–H and O–H groups in total. The van der Waals surface area contributed by atoms with Crippen molar-refractivity contribution in [2.75, 3.05) is 11.9 Å². The molecule has 0 unspecified atom stereocenters. The Labute approximate surface area is 170 Å². The minimum atomic E-state index is -0.301. The number of para-hydroxylation sites is 1. The van der Waals surface area contributed by atoms with E-state index in [1.807, 2.05) is 67.7 Å². The van der Waals surface area contributed by atoms with E-state index in [1.165, 1.54) is 5.56 Å². The number of anilines is 1. The third-order valence-corrected chi connectivity index (χ3v) is 4.99. The summed E-state index contributed by atoms with van der Waals surface area (Å²) >= 11 is 0. The van der Waals surface area contributed by atoms with Crippen LogP contribution in [-0.2, 0) is 4.74 Å². The Balaban J connectivity index is 1.87. The largest absolute Gasteiger partial charge is 0.462 e. The van der Waals surface area contributed by atoms with Crippen molar-refractivity contribution in [3.05, 3.63) is 107 Å². The van der Waals surface area contributed by atoms with E-state index < -0.39 is 0 Å². The van der Waals surface area contributed by atoms with E-state index in [0.29, 0.717) is 12.2 Å². The number of aromatic nitrogens is 1. The molecule has 29 heavy (non-hydrogen) atoms. The fourth-order valence-electron chi connectivity index (χ4n) is 3.56. The summed E-state index contributed by atoms with van der Waals surface area (Å²) < 4.78 is 7.36. The predicted octanol–water partition coefficient (Wildman–Crippen LogP) is 5.63. The van der Waals surface area contributed by atoms with Crippen molar-refractivity contribution >= 4 is 17.2 Å². The second-order valence-corrected chi connectivity index (χ2v) is 7.01. The molecule has 4 rings (SSSR count). The van der Waals surface area contributed by atoms with Crippen LogP contribution in [0.5, 0.6) is 0 Å². The Hall–Kier alpha value is -3.53. The molecule has 4 nitrogen and oxygen atoms in total. The predicted molar refractivity (Wildman–Crippen MR) is 116 cm³/mol. The van der Waals surface area contributed by atoms with Crippen molar-refractivity contribution in [2.45, 2.75) is 19.9 Å². The minimum absolute atomic E-state index is 0.129. The van der Waals surface area contributed by atoms with Crippen molar-refractivity contribution in [3.8, 4) is 0 Å². The summed E-state index contributed by atoms with van der Waals surface area (Å²) in [5, 5.41) is 3.63. The molecule has 0 radical (unpaired) electrons. The van der Waals surface area contributed by atoms with Gasteiger partial charge in [0.2, 0.25) is 0 Å². The lowest BCUT2D eigenvalue weighted by atomic mass is 10.0. The number of rotatable bonds is 6. The standard InChI is InChI=1S/C25H24N2O2/c1-3-29-25(28)21-17-23(27-16-8-7-11-22(21)27)24(19-14-12-18(2)13-15-19)26-20-9-5-4-6-10-20/h4-17,24,26H,3H2,1-2H3/t24-/m0/s1.